The van der Waals surface area contributed by atoms with Gasteiger partial charge in [-0.05, 0) is 50.9 Å². The maximum Gasteiger partial charge on any atom is 0.321 e. The molecule has 2 bridgehead atoms. The summed E-state index contributed by atoms with van der Waals surface area (Å²) in [4.78, 5) is 25.6. The molecule has 1 saturated carbocycles. The molecule has 2 aliphatic heterocycles. The molecule has 31 heavy (non-hydrogen) atoms. The second-order valence-corrected chi connectivity index (χ2v) is 9.37. The molecule has 5 N–H and O–H groups in total. The first-order valence-corrected chi connectivity index (χ1v) is 10.8. The van der Waals surface area contributed by atoms with E-state index in [4.69, 9.17) is 15.2 Å². The van der Waals surface area contributed by atoms with Gasteiger partial charge in [0.25, 0.3) is 0 Å². The molecule has 168 valence electrons. The van der Waals surface area contributed by atoms with E-state index in [-0.39, 0.29) is 24.3 Å². The number of phenols is 1. The Morgan fingerprint density at radius 1 is 1.42 bits per heavy atom. The molecule has 0 unspecified atom stereocenters. The monoisotopic (exact) mass is 431 g/mol. The number of hydrogen-bond donors (Lipinski definition) is 4. The lowest BCUT2D eigenvalue weighted by Gasteiger charge is -2.65. The molecule has 9 heteroatoms. The number of phenolic OH excluding ortho intramolecular Hbond substituents is 1. The predicted molar refractivity (Wildman–Crippen MR) is 110 cm³/mol. The molecule has 6 atom stereocenters. The van der Waals surface area contributed by atoms with Crippen LogP contribution in [-0.4, -0.2) is 77.5 Å². The second kappa shape index (κ2) is 6.82. The Morgan fingerprint density at radius 3 is 2.87 bits per heavy atom. The largest absolute Gasteiger partial charge is 0.504 e. The number of nitrogens with zero attached hydrogens (tertiary/aromatic N) is 1. The number of aromatic hydroxyl groups is 1. The minimum Gasteiger partial charge on any atom is -0.504 e. The molecule has 0 aromatic heterocycles. The van der Waals surface area contributed by atoms with Gasteiger partial charge in [0.2, 0.25) is 5.91 Å². The summed E-state index contributed by atoms with van der Waals surface area (Å²) in [6, 6.07) is 2.37. The van der Waals surface area contributed by atoms with E-state index in [1.807, 2.05) is 6.07 Å². The minimum absolute atomic E-state index is 0.0931. The van der Waals surface area contributed by atoms with Gasteiger partial charge in [-0.25, -0.2) is 0 Å². The highest BCUT2D eigenvalue weighted by molar-refractivity contribution is 5.83. The van der Waals surface area contributed by atoms with Crippen LogP contribution in [0.4, 0.5) is 0 Å². The summed E-state index contributed by atoms with van der Waals surface area (Å²) in [6.07, 6.45) is 2.20. The third-order valence-corrected chi connectivity index (χ3v) is 8.17. The van der Waals surface area contributed by atoms with E-state index >= 15 is 0 Å². The molecule has 2 fully saturated rings. The van der Waals surface area contributed by atoms with E-state index in [1.165, 1.54) is 0 Å². The van der Waals surface area contributed by atoms with Crippen LogP contribution in [0.25, 0.3) is 0 Å². The average molecular weight is 431 g/mol. The van der Waals surface area contributed by atoms with Crippen LogP contribution < -0.4 is 15.8 Å². The number of piperidine rings is 1. The number of amides is 1. The molecule has 4 aliphatic rings. The minimum atomic E-state index is -1.12. The van der Waals surface area contributed by atoms with Gasteiger partial charge in [0, 0.05) is 24.8 Å². The van der Waals surface area contributed by atoms with E-state index in [9.17, 15) is 19.8 Å². The zero-order valence-corrected chi connectivity index (χ0v) is 17.8. The summed E-state index contributed by atoms with van der Waals surface area (Å²) in [5, 5.41) is 23.4. The number of likely N-dealkylation sites (N-methyl/N-ethyl adjacent to an activating group) is 1. The number of hydrogen-bond acceptors (Lipinski definition) is 7. The molecule has 9 nitrogen and oxygen atoms in total. The zero-order valence-electron chi connectivity index (χ0n) is 17.8. The SMILES string of the molecule is CO[C@@]12CC[C@H](N[C@@H](CC(N)=O)C(=O)O)[C@@H]3Oc4c(O)ccc5c4[C@@]31CCN(C)[C@@H]2C5. The Kier molecular flexibility index (Phi) is 4.52. The molecular formula is C22H29N3O6. The molecule has 1 spiro atoms. The predicted octanol–water partition coefficient (Wildman–Crippen LogP) is 0.117. The van der Waals surface area contributed by atoms with E-state index in [1.54, 1.807) is 13.2 Å². The number of nitrogens with one attached hydrogen (secondary N) is 1. The summed E-state index contributed by atoms with van der Waals surface area (Å²) >= 11 is 0. The van der Waals surface area contributed by atoms with Gasteiger partial charge in [0.1, 0.15) is 12.1 Å². The number of nitrogens with two attached hydrogens (primary N) is 1. The van der Waals surface area contributed by atoms with Crippen molar-refractivity contribution in [1.82, 2.24) is 10.2 Å². The lowest BCUT2D eigenvalue weighted by atomic mass is 9.48. The number of ether oxygens (including phenoxy) is 2. The molecule has 1 aromatic carbocycles. The van der Waals surface area contributed by atoms with Gasteiger partial charge < -0.3 is 30.3 Å². The van der Waals surface area contributed by atoms with Crippen LogP contribution >= 0.6 is 0 Å². The molecular weight excluding hydrogens is 402 g/mol. The van der Waals surface area contributed by atoms with Crippen molar-refractivity contribution in [3.05, 3.63) is 23.3 Å². The Balaban J connectivity index is 1.63. The van der Waals surface area contributed by atoms with Crippen molar-refractivity contribution in [3.8, 4) is 11.5 Å². The van der Waals surface area contributed by atoms with Gasteiger partial charge >= 0.3 is 5.97 Å². The van der Waals surface area contributed by atoms with Gasteiger partial charge in [-0.1, -0.05) is 6.07 Å². The fraction of sp³-hybridized carbons (Fsp3) is 0.636. The maximum absolute atomic E-state index is 11.8. The fourth-order valence-corrected chi connectivity index (χ4v) is 6.99. The van der Waals surface area contributed by atoms with Gasteiger partial charge in [-0.3, -0.25) is 14.9 Å². The first-order chi connectivity index (χ1) is 14.7. The van der Waals surface area contributed by atoms with Crippen LogP contribution in [0.1, 0.15) is 36.8 Å². The Hall–Kier alpha value is -2.36. The first-order valence-electron chi connectivity index (χ1n) is 10.8. The van der Waals surface area contributed by atoms with Crippen molar-refractivity contribution in [2.75, 3.05) is 20.7 Å². The van der Waals surface area contributed by atoms with Crippen molar-refractivity contribution in [2.45, 2.75) is 67.3 Å². The normalized spacial score (nSPS) is 36.4. The molecule has 1 aromatic rings. The summed E-state index contributed by atoms with van der Waals surface area (Å²) in [6.45, 7) is 0.848. The van der Waals surface area contributed by atoms with Crippen LogP contribution in [0, 0.1) is 0 Å². The van der Waals surface area contributed by atoms with Crippen molar-refractivity contribution in [2.24, 2.45) is 5.73 Å². The number of likely N-dealkylation sites (tertiary alicyclic amines) is 1. The highest BCUT2D eigenvalue weighted by Crippen LogP contribution is 2.66. The number of carboxylic acid groups (broad SMARTS) is 1. The second-order valence-electron chi connectivity index (χ2n) is 9.37. The highest BCUT2D eigenvalue weighted by atomic mass is 16.5. The van der Waals surface area contributed by atoms with Crippen molar-refractivity contribution >= 4 is 11.9 Å². The number of methoxy groups -OCH3 is 1. The van der Waals surface area contributed by atoms with Gasteiger partial charge in [-0.2, -0.15) is 0 Å². The summed E-state index contributed by atoms with van der Waals surface area (Å²) < 4.78 is 12.8. The summed E-state index contributed by atoms with van der Waals surface area (Å²) in [5.74, 6) is -1.21. The van der Waals surface area contributed by atoms with E-state index in [0.29, 0.717) is 18.6 Å². The molecule has 5 rings (SSSR count). The number of carbonyl (C=O) groups excluding carboxylic acids is 1. The van der Waals surface area contributed by atoms with Crippen molar-refractivity contribution < 1.29 is 29.3 Å². The first kappa shape index (κ1) is 20.5. The molecule has 1 amide bonds. The highest BCUT2D eigenvalue weighted by Gasteiger charge is 2.73. The third kappa shape index (κ3) is 2.54. The Morgan fingerprint density at radius 2 is 2.19 bits per heavy atom. The molecule has 2 aliphatic carbocycles. The standard InChI is InChI=1S/C22H29N3O6/c1-25-8-7-21-17-11-3-4-14(26)18(17)31-19(21)12(24-13(20(28)29)10-16(23)27)5-6-22(21,30-2)15(25)9-11/h3-4,12-13,15,19,24,26H,5-10H2,1-2H3,(H2,23,27)(H,28,29)/t12-,13-,15+,19-,21-,22+/m0/s1. The third-order valence-electron chi connectivity index (χ3n) is 8.17. The Labute approximate surface area is 180 Å². The zero-order chi connectivity index (χ0) is 22.1. The molecule has 0 radical (unpaired) electrons. The van der Waals surface area contributed by atoms with Gasteiger partial charge in [0.15, 0.2) is 11.5 Å². The van der Waals surface area contributed by atoms with Crippen LogP contribution in [0.2, 0.25) is 0 Å². The van der Waals surface area contributed by atoms with Crippen molar-refractivity contribution in [1.29, 1.82) is 0 Å². The number of benzene rings is 1. The number of aliphatic carboxylic acids is 1. The quantitative estimate of drug-likeness (QED) is 0.499. The number of carboxylic acids is 1. The summed E-state index contributed by atoms with van der Waals surface area (Å²) in [5.41, 5.74) is 6.43. The van der Waals surface area contributed by atoms with Crippen LogP contribution in [0.15, 0.2) is 12.1 Å². The average Bonchev–Trinajstić information content (AvgIpc) is 3.08. The number of rotatable bonds is 6. The molecule has 2 heterocycles. The maximum atomic E-state index is 11.8. The smallest absolute Gasteiger partial charge is 0.321 e. The van der Waals surface area contributed by atoms with Crippen LogP contribution in [0.3, 0.4) is 0 Å². The van der Waals surface area contributed by atoms with E-state index in [2.05, 4.69) is 17.3 Å². The fourth-order valence-electron chi connectivity index (χ4n) is 6.99. The van der Waals surface area contributed by atoms with Gasteiger partial charge in [-0.15, -0.1) is 0 Å². The topological polar surface area (TPSA) is 134 Å². The number of primary amides is 1. The van der Waals surface area contributed by atoms with Gasteiger partial charge in [0.05, 0.1) is 17.4 Å². The lowest BCUT2D eigenvalue weighted by molar-refractivity contribution is -0.204. The van der Waals surface area contributed by atoms with Crippen molar-refractivity contribution in [3.63, 3.8) is 0 Å². The van der Waals surface area contributed by atoms with Crippen LogP contribution in [0.5, 0.6) is 11.5 Å². The van der Waals surface area contributed by atoms with E-state index < -0.39 is 35.0 Å². The Bertz CT molecular complexity index is 953. The van der Waals surface area contributed by atoms with Crippen LogP contribution in [-0.2, 0) is 26.2 Å². The lowest BCUT2D eigenvalue weighted by Crippen LogP contribution is -2.78. The number of carbonyl (C=O) groups is 2. The van der Waals surface area contributed by atoms with E-state index in [0.717, 1.165) is 30.5 Å². The molecule has 1 saturated heterocycles. The summed E-state index contributed by atoms with van der Waals surface area (Å²) in [7, 11) is 3.87.